The first-order valence-electron chi connectivity index (χ1n) is 14.1. The van der Waals surface area contributed by atoms with Crippen molar-refractivity contribution < 1.29 is 23.8 Å². The Morgan fingerprint density at radius 1 is 1.14 bits per heavy atom. The van der Waals surface area contributed by atoms with Gasteiger partial charge in [-0.05, 0) is 35.1 Å². The number of ether oxygens (including phenoxy) is 3. The van der Waals surface area contributed by atoms with Crippen LogP contribution in [0.4, 0.5) is 4.79 Å². The van der Waals surface area contributed by atoms with E-state index in [9.17, 15) is 9.59 Å². The van der Waals surface area contributed by atoms with Gasteiger partial charge >= 0.3 is 6.09 Å². The molecule has 11 heteroatoms. The molecule has 2 atom stereocenters. The molecule has 0 spiro atoms. The predicted molar refractivity (Wildman–Crippen MR) is 164 cm³/mol. The lowest BCUT2D eigenvalue weighted by molar-refractivity contribution is -0.197. The fourth-order valence-electron chi connectivity index (χ4n) is 5.14. The summed E-state index contributed by atoms with van der Waals surface area (Å²) in [6, 6.07) is 6.87. The van der Waals surface area contributed by atoms with Crippen LogP contribution in [0.25, 0.3) is 22.4 Å². The van der Waals surface area contributed by atoms with Crippen LogP contribution in [0, 0.1) is 5.92 Å². The lowest BCUT2D eigenvalue weighted by Crippen LogP contribution is -2.52. The van der Waals surface area contributed by atoms with Crippen molar-refractivity contribution in [2.24, 2.45) is 5.92 Å². The Bertz CT molecular complexity index is 1470. The second-order valence-electron chi connectivity index (χ2n) is 10.7. The van der Waals surface area contributed by atoms with Crippen LogP contribution in [0.3, 0.4) is 0 Å². The maximum absolute atomic E-state index is 13.8. The molecule has 3 heterocycles. The van der Waals surface area contributed by atoms with Gasteiger partial charge in [0.1, 0.15) is 11.9 Å². The summed E-state index contributed by atoms with van der Waals surface area (Å²) in [5.41, 5.74) is 5.55. The van der Waals surface area contributed by atoms with Crippen LogP contribution < -0.4 is 5.32 Å². The molecule has 0 aliphatic carbocycles. The summed E-state index contributed by atoms with van der Waals surface area (Å²) in [4.78, 5) is 42.6. The molecule has 3 aromatic rings. The Hall–Kier alpha value is -4.48. The van der Waals surface area contributed by atoms with Gasteiger partial charge in [-0.2, -0.15) is 0 Å². The van der Waals surface area contributed by atoms with Crippen LogP contribution in [0.2, 0.25) is 0 Å². The highest BCUT2D eigenvalue weighted by Crippen LogP contribution is 2.40. The first kappa shape index (κ1) is 31.5. The van der Waals surface area contributed by atoms with Crippen molar-refractivity contribution in [2.45, 2.75) is 45.1 Å². The molecule has 0 radical (unpaired) electrons. The lowest BCUT2D eigenvalue weighted by Gasteiger charge is -2.30. The normalized spacial score (nSPS) is 17.4. The molecule has 1 aliphatic rings. The van der Waals surface area contributed by atoms with E-state index < -0.39 is 24.0 Å². The Kier molecular flexibility index (Phi) is 9.99. The molecular weight excluding hydrogens is 548 g/mol. The summed E-state index contributed by atoms with van der Waals surface area (Å²) in [5.74, 6) is -0.872. The molecule has 2 aromatic heterocycles. The monoisotopic (exact) mass is 588 g/mol. The molecule has 2 unspecified atom stereocenters. The van der Waals surface area contributed by atoms with Gasteiger partial charge in [0, 0.05) is 20.6 Å². The number of alkyl carbamates (subject to hydrolysis) is 1. The van der Waals surface area contributed by atoms with Crippen molar-refractivity contribution in [3.8, 4) is 11.3 Å². The average molecular weight is 589 g/mol. The maximum Gasteiger partial charge on any atom is 0.407 e. The van der Waals surface area contributed by atoms with E-state index in [2.05, 4.69) is 31.8 Å². The minimum atomic E-state index is -1.01. The SMILES string of the molecule is C=C(/C=C\C(=C/C)c1ccc(-c2cnc(C3CC(OC)(OC)CN3C(=O)C(NC(=O)OC)C(C)C)[nH]2)cc1)c1cnc[nH]1. The molecule has 4 rings (SSSR count). The first-order valence-corrected chi connectivity index (χ1v) is 14.1. The number of amides is 2. The van der Waals surface area contributed by atoms with Gasteiger partial charge in [-0.1, -0.05) is 62.9 Å². The van der Waals surface area contributed by atoms with Gasteiger partial charge in [0.05, 0.1) is 49.8 Å². The summed E-state index contributed by atoms with van der Waals surface area (Å²) < 4.78 is 16.2. The van der Waals surface area contributed by atoms with Crippen molar-refractivity contribution >= 4 is 23.1 Å². The maximum atomic E-state index is 13.8. The number of imidazole rings is 2. The number of carbonyl (C=O) groups is 2. The van der Waals surface area contributed by atoms with E-state index in [4.69, 9.17) is 14.2 Å². The van der Waals surface area contributed by atoms with Gasteiger partial charge in [-0.25, -0.2) is 14.8 Å². The quantitative estimate of drug-likeness (QED) is 0.209. The summed E-state index contributed by atoms with van der Waals surface area (Å²) in [6.07, 6.45) is 10.8. The number of hydrogen-bond donors (Lipinski definition) is 3. The number of allylic oxidation sites excluding steroid dienone is 5. The number of methoxy groups -OCH3 is 3. The number of rotatable bonds is 11. The number of carbonyl (C=O) groups excluding carboxylic acids is 2. The number of nitrogens with zero attached hydrogens (tertiary/aromatic N) is 3. The summed E-state index contributed by atoms with van der Waals surface area (Å²) in [7, 11) is 4.37. The highest BCUT2D eigenvalue weighted by molar-refractivity contribution is 5.86. The molecule has 43 heavy (non-hydrogen) atoms. The van der Waals surface area contributed by atoms with Crippen LogP contribution in [0.1, 0.15) is 50.3 Å². The molecule has 1 fully saturated rings. The van der Waals surface area contributed by atoms with Crippen LogP contribution in [-0.2, 0) is 19.0 Å². The second kappa shape index (κ2) is 13.7. The van der Waals surface area contributed by atoms with Crippen molar-refractivity contribution in [1.82, 2.24) is 30.2 Å². The topological polar surface area (TPSA) is 134 Å². The lowest BCUT2D eigenvalue weighted by atomic mass is 10.0. The highest BCUT2D eigenvalue weighted by atomic mass is 16.7. The van der Waals surface area contributed by atoms with Gasteiger partial charge < -0.3 is 34.4 Å². The smallest absolute Gasteiger partial charge is 0.407 e. The predicted octanol–water partition coefficient (Wildman–Crippen LogP) is 5.12. The van der Waals surface area contributed by atoms with E-state index in [1.165, 1.54) is 7.11 Å². The van der Waals surface area contributed by atoms with Crippen LogP contribution in [0.5, 0.6) is 0 Å². The zero-order valence-electron chi connectivity index (χ0n) is 25.5. The largest absolute Gasteiger partial charge is 0.453 e. The molecule has 1 aliphatic heterocycles. The molecular formula is C32H40N6O5. The highest BCUT2D eigenvalue weighted by Gasteiger charge is 2.50. The molecule has 228 valence electrons. The molecule has 11 nitrogen and oxygen atoms in total. The van der Waals surface area contributed by atoms with Crippen molar-refractivity contribution in [1.29, 1.82) is 0 Å². The third kappa shape index (κ3) is 6.95. The third-order valence-electron chi connectivity index (χ3n) is 7.77. The van der Waals surface area contributed by atoms with E-state index in [0.29, 0.717) is 12.2 Å². The molecule has 3 N–H and O–H groups in total. The first-order chi connectivity index (χ1) is 20.6. The zero-order valence-corrected chi connectivity index (χ0v) is 25.5. The second-order valence-corrected chi connectivity index (χ2v) is 10.7. The fraction of sp³-hybridized carbons (Fsp3) is 0.375. The number of aromatic nitrogens is 4. The molecule has 0 saturated carbocycles. The van der Waals surface area contributed by atoms with Crippen LogP contribution >= 0.6 is 0 Å². The Morgan fingerprint density at radius 3 is 2.44 bits per heavy atom. The van der Waals surface area contributed by atoms with Crippen molar-refractivity contribution in [3.63, 3.8) is 0 Å². The molecule has 2 amide bonds. The molecule has 0 bridgehead atoms. The van der Waals surface area contributed by atoms with Gasteiger partial charge in [-0.15, -0.1) is 0 Å². The number of nitrogens with one attached hydrogen (secondary N) is 3. The van der Waals surface area contributed by atoms with Crippen molar-refractivity contribution in [3.05, 3.63) is 84.9 Å². The van der Waals surface area contributed by atoms with E-state index in [1.54, 1.807) is 37.8 Å². The minimum absolute atomic E-state index is 0.173. The van der Waals surface area contributed by atoms with Gasteiger partial charge in [-0.3, -0.25) is 4.79 Å². The van der Waals surface area contributed by atoms with Crippen molar-refractivity contribution in [2.75, 3.05) is 27.9 Å². The zero-order chi connectivity index (χ0) is 31.1. The van der Waals surface area contributed by atoms with Gasteiger partial charge in [0.15, 0.2) is 5.79 Å². The summed E-state index contributed by atoms with van der Waals surface area (Å²) in [6.45, 7) is 9.99. The standard InChI is InChI=1S/C32H40N6O5/c1-8-22(10-9-21(4)25-16-33-19-35-25)23-11-13-24(14-12-23)26-17-34-29(36-26)27-15-32(42-6,43-7)18-38(27)30(39)28(20(2)3)37-31(40)41-5/h8-14,16-17,19-20,27-28H,4,15,18H2,1-3,5-7H3,(H,33,35)(H,34,36)(H,37,40)/b10-9-,22-8+. The van der Waals surface area contributed by atoms with Crippen LogP contribution in [0.15, 0.2) is 67.8 Å². The number of aromatic amines is 2. The van der Waals surface area contributed by atoms with Gasteiger partial charge in [0.25, 0.3) is 0 Å². The number of benzene rings is 1. The minimum Gasteiger partial charge on any atom is -0.453 e. The Morgan fingerprint density at radius 2 is 1.86 bits per heavy atom. The molecule has 1 saturated heterocycles. The average Bonchev–Trinajstić information content (AvgIpc) is 3.80. The summed E-state index contributed by atoms with van der Waals surface area (Å²) in [5, 5.41) is 2.67. The van der Waals surface area contributed by atoms with E-state index in [-0.39, 0.29) is 18.4 Å². The molecule has 1 aromatic carbocycles. The van der Waals surface area contributed by atoms with E-state index in [0.717, 1.165) is 33.7 Å². The third-order valence-corrected chi connectivity index (χ3v) is 7.77. The summed E-state index contributed by atoms with van der Waals surface area (Å²) >= 11 is 0. The Balaban J connectivity index is 1.56. The van der Waals surface area contributed by atoms with E-state index >= 15 is 0 Å². The number of hydrogen-bond acceptors (Lipinski definition) is 7. The van der Waals surface area contributed by atoms with E-state index in [1.807, 2.05) is 63.3 Å². The fourth-order valence-corrected chi connectivity index (χ4v) is 5.14. The Labute approximate surface area is 252 Å². The van der Waals surface area contributed by atoms with Gasteiger partial charge in [0.2, 0.25) is 5.91 Å². The number of H-pyrrole nitrogens is 2. The number of likely N-dealkylation sites (tertiary alicyclic amines) is 1. The van der Waals surface area contributed by atoms with Crippen LogP contribution in [-0.4, -0.2) is 76.5 Å².